The van der Waals surface area contributed by atoms with Gasteiger partial charge in [-0.2, -0.15) is 0 Å². The number of carbonyl (C=O) groups is 1. The minimum atomic E-state index is -0.0958. The van der Waals surface area contributed by atoms with Crippen LogP contribution in [0.15, 0.2) is 30.3 Å². The van der Waals surface area contributed by atoms with Crippen molar-refractivity contribution in [1.29, 1.82) is 0 Å². The van der Waals surface area contributed by atoms with Crippen LogP contribution < -0.4 is 5.73 Å². The standard InChI is InChI=1S/C13H18N2OS/c1-17-12(10-5-3-2-4-6-10)13(16)15-8-7-11(14)9-15/h2-6,11-12H,7-9,14H2,1H3/t11-,12-/m0/s1. The van der Waals surface area contributed by atoms with Crippen molar-refractivity contribution >= 4 is 17.7 Å². The maximum Gasteiger partial charge on any atom is 0.240 e. The number of nitrogens with zero attached hydrogens (tertiary/aromatic N) is 1. The van der Waals surface area contributed by atoms with Gasteiger partial charge in [-0.15, -0.1) is 11.8 Å². The second kappa shape index (κ2) is 5.56. The lowest BCUT2D eigenvalue weighted by Gasteiger charge is -2.22. The highest BCUT2D eigenvalue weighted by Crippen LogP contribution is 2.29. The Labute approximate surface area is 106 Å². The minimum absolute atomic E-state index is 0.0958. The Morgan fingerprint density at radius 1 is 1.47 bits per heavy atom. The van der Waals surface area contributed by atoms with Gasteiger partial charge in [-0.1, -0.05) is 30.3 Å². The molecular weight excluding hydrogens is 232 g/mol. The Morgan fingerprint density at radius 3 is 2.71 bits per heavy atom. The molecule has 3 nitrogen and oxygen atoms in total. The van der Waals surface area contributed by atoms with Crippen molar-refractivity contribution < 1.29 is 4.79 Å². The molecule has 1 aliphatic heterocycles. The van der Waals surface area contributed by atoms with Crippen molar-refractivity contribution in [3.63, 3.8) is 0 Å². The van der Waals surface area contributed by atoms with Gasteiger partial charge < -0.3 is 10.6 Å². The van der Waals surface area contributed by atoms with Crippen LogP contribution >= 0.6 is 11.8 Å². The second-order valence-corrected chi connectivity index (χ2v) is 5.30. The lowest BCUT2D eigenvalue weighted by Crippen LogP contribution is -2.34. The van der Waals surface area contributed by atoms with E-state index in [9.17, 15) is 4.79 Å². The summed E-state index contributed by atoms with van der Waals surface area (Å²) in [5, 5.41) is -0.0958. The van der Waals surface area contributed by atoms with Gasteiger partial charge in [-0.25, -0.2) is 0 Å². The molecule has 4 heteroatoms. The van der Waals surface area contributed by atoms with E-state index in [0.29, 0.717) is 6.54 Å². The molecule has 92 valence electrons. The zero-order valence-corrected chi connectivity index (χ0v) is 10.8. The van der Waals surface area contributed by atoms with Gasteiger partial charge in [0.05, 0.1) is 0 Å². The van der Waals surface area contributed by atoms with Gasteiger partial charge in [-0.05, 0) is 18.2 Å². The van der Waals surface area contributed by atoms with E-state index >= 15 is 0 Å². The van der Waals surface area contributed by atoms with Gasteiger partial charge in [0.15, 0.2) is 0 Å². The quantitative estimate of drug-likeness (QED) is 0.887. The van der Waals surface area contributed by atoms with E-state index in [1.165, 1.54) is 0 Å². The predicted octanol–water partition coefficient (Wildman–Crippen LogP) is 1.65. The fraction of sp³-hybridized carbons (Fsp3) is 0.462. The Balaban J connectivity index is 2.11. The summed E-state index contributed by atoms with van der Waals surface area (Å²) in [4.78, 5) is 14.3. The average Bonchev–Trinajstić information content (AvgIpc) is 2.78. The molecule has 0 unspecified atom stereocenters. The van der Waals surface area contributed by atoms with Crippen LogP contribution in [0.4, 0.5) is 0 Å². The highest BCUT2D eigenvalue weighted by Gasteiger charge is 2.29. The molecule has 1 aliphatic rings. The van der Waals surface area contributed by atoms with Crippen LogP contribution in [0.25, 0.3) is 0 Å². The molecule has 1 aromatic carbocycles. The number of rotatable bonds is 3. The van der Waals surface area contributed by atoms with Crippen molar-refractivity contribution in [2.75, 3.05) is 19.3 Å². The summed E-state index contributed by atoms with van der Waals surface area (Å²) in [5.41, 5.74) is 6.92. The van der Waals surface area contributed by atoms with Crippen molar-refractivity contribution in [1.82, 2.24) is 4.90 Å². The van der Waals surface area contributed by atoms with E-state index in [0.717, 1.165) is 18.5 Å². The van der Waals surface area contributed by atoms with Crippen molar-refractivity contribution in [2.24, 2.45) is 5.73 Å². The SMILES string of the molecule is CS[C@H](C(=O)N1CC[C@H](N)C1)c1ccccc1. The first kappa shape index (κ1) is 12.5. The van der Waals surface area contributed by atoms with Crippen LogP contribution in [0.3, 0.4) is 0 Å². The van der Waals surface area contributed by atoms with Gasteiger partial charge in [0.2, 0.25) is 5.91 Å². The highest BCUT2D eigenvalue weighted by atomic mass is 32.2. The summed E-state index contributed by atoms with van der Waals surface area (Å²) in [6.45, 7) is 1.49. The zero-order chi connectivity index (χ0) is 12.3. The first-order chi connectivity index (χ1) is 8.22. The van der Waals surface area contributed by atoms with Gasteiger partial charge in [0.25, 0.3) is 0 Å². The first-order valence-electron chi connectivity index (χ1n) is 5.84. The summed E-state index contributed by atoms with van der Waals surface area (Å²) in [6.07, 6.45) is 2.90. The van der Waals surface area contributed by atoms with Crippen LogP contribution in [-0.4, -0.2) is 36.2 Å². The molecule has 0 aromatic heterocycles. The normalized spacial score (nSPS) is 21.5. The molecule has 0 radical (unpaired) electrons. The molecule has 1 heterocycles. The van der Waals surface area contributed by atoms with E-state index in [1.807, 2.05) is 41.5 Å². The average molecular weight is 250 g/mol. The summed E-state index contributed by atoms with van der Waals surface area (Å²) in [5.74, 6) is 0.191. The van der Waals surface area contributed by atoms with E-state index in [-0.39, 0.29) is 17.2 Å². The Hall–Kier alpha value is -1.00. The third kappa shape index (κ3) is 2.82. The molecule has 17 heavy (non-hydrogen) atoms. The summed E-state index contributed by atoms with van der Waals surface area (Å²) in [7, 11) is 0. The zero-order valence-electron chi connectivity index (χ0n) is 10.0. The molecule has 0 aliphatic carbocycles. The fourth-order valence-corrected chi connectivity index (χ4v) is 2.94. The van der Waals surface area contributed by atoms with Gasteiger partial charge >= 0.3 is 0 Å². The molecule has 2 atom stereocenters. The van der Waals surface area contributed by atoms with E-state index in [4.69, 9.17) is 5.73 Å². The van der Waals surface area contributed by atoms with Gasteiger partial charge in [0, 0.05) is 19.1 Å². The Bertz CT molecular complexity index is 382. The highest BCUT2D eigenvalue weighted by molar-refractivity contribution is 7.99. The Kier molecular flexibility index (Phi) is 4.07. The lowest BCUT2D eigenvalue weighted by molar-refractivity contribution is -0.129. The molecule has 0 spiro atoms. The van der Waals surface area contributed by atoms with E-state index in [1.54, 1.807) is 11.8 Å². The van der Waals surface area contributed by atoms with Crippen molar-refractivity contribution in [3.8, 4) is 0 Å². The molecule has 1 aromatic rings. The van der Waals surface area contributed by atoms with Crippen LogP contribution in [0, 0.1) is 0 Å². The van der Waals surface area contributed by atoms with Gasteiger partial charge in [-0.3, -0.25) is 4.79 Å². The summed E-state index contributed by atoms with van der Waals surface area (Å²) in [6, 6.07) is 10.1. The van der Waals surface area contributed by atoms with Crippen LogP contribution in [0.5, 0.6) is 0 Å². The Morgan fingerprint density at radius 2 is 2.18 bits per heavy atom. The molecule has 1 amide bonds. The maximum absolute atomic E-state index is 12.4. The predicted molar refractivity (Wildman–Crippen MR) is 71.9 cm³/mol. The number of benzene rings is 1. The van der Waals surface area contributed by atoms with E-state index < -0.39 is 0 Å². The third-order valence-corrected chi connectivity index (χ3v) is 4.04. The number of hydrogen-bond acceptors (Lipinski definition) is 3. The summed E-state index contributed by atoms with van der Waals surface area (Å²) >= 11 is 1.59. The molecule has 1 saturated heterocycles. The summed E-state index contributed by atoms with van der Waals surface area (Å²) < 4.78 is 0. The maximum atomic E-state index is 12.4. The largest absolute Gasteiger partial charge is 0.340 e. The second-order valence-electron chi connectivity index (χ2n) is 4.36. The molecule has 2 N–H and O–H groups in total. The number of hydrogen-bond donors (Lipinski definition) is 1. The molecule has 0 bridgehead atoms. The van der Waals surface area contributed by atoms with E-state index in [2.05, 4.69) is 0 Å². The molecule has 1 fully saturated rings. The fourth-order valence-electron chi connectivity index (χ4n) is 2.16. The number of likely N-dealkylation sites (tertiary alicyclic amines) is 1. The molecule has 0 saturated carbocycles. The smallest absolute Gasteiger partial charge is 0.240 e. The number of amides is 1. The molecular formula is C13H18N2OS. The van der Waals surface area contributed by atoms with Crippen molar-refractivity contribution in [3.05, 3.63) is 35.9 Å². The van der Waals surface area contributed by atoms with Crippen LogP contribution in [0.1, 0.15) is 17.2 Å². The first-order valence-corrected chi connectivity index (χ1v) is 7.13. The third-order valence-electron chi connectivity index (χ3n) is 3.10. The topological polar surface area (TPSA) is 46.3 Å². The van der Waals surface area contributed by atoms with Crippen LogP contribution in [0.2, 0.25) is 0 Å². The minimum Gasteiger partial charge on any atom is -0.340 e. The van der Waals surface area contributed by atoms with Crippen LogP contribution in [-0.2, 0) is 4.79 Å². The number of thioether (sulfide) groups is 1. The van der Waals surface area contributed by atoms with Crippen molar-refractivity contribution in [2.45, 2.75) is 17.7 Å². The number of nitrogens with two attached hydrogens (primary N) is 1. The van der Waals surface area contributed by atoms with Gasteiger partial charge in [0.1, 0.15) is 5.25 Å². The number of carbonyl (C=O) groups excluding carboxylic acids is 1. The molecule has 2 rings (SSSR count). The lowest BCUT2D eigenvalue weighted by atomic mass is 10.1. The monoisotopic (exact) mass is 250 g/mol.